The van der Waals surface area contributed by atoms with E-state index in [1.54, 1.807) is 0 Å². The first kappa shape index (κ1) is 19.3. The first-order chi connectivity index (χ1) is 13.0. The van der Waals surface area contributed by atoms with Crippen molar-refractivity contribution in [1.29, 1.82) is 0 Å². The lowest BCUT2D eigenvalue weighted by Crippen LogP contribution is -2.26. The van der Waals surface area contributed by atoms with E-state index in [-0.39, 0.29) is 17.2 Å². The summed E-state index contributed by atoms with van der Waals surface area (Å²) in [5, 5.41) is 6.89. The third-order valence-electron chi connectivity index (χ3n) is 5.40. The lowest BCUT2D eigenvalue weighted by molar-refractivity contribution is -0.114. The minimum Gasteiger partial charge on any atom is -0.293 e. The number of carbonyl (C=O) groups excluding carboxylic acids is 1. The summed E-state index contributed by atoms with van der Waals surface area (Å²) in [5.74, 6) is 0.170. The van der Waals surface area contributed by atoms with E-state index in [2.05, 4.69) is 62.2 Å². The molecule has 0 spiro atoms. The third kappa shape index (κ3) is 4.65. The summed E-state index contributed by atoms with van der Waals surface area (Å²) in [5.41, 5.74) is 2.96. The van der Waals surface area contributed by atoms with Gasteiger partial charge in [0.15, 0.2) is 5.78 Å². The highest BCUT2D eigenvalue weighted by Crippen LogP contribution is 2.33. The summed E-state index contributed by atoms with van der Waals surface area (Å²) in [6.45, 7) is 7.36. The van der Waals surface area contributed by atoms with Crippen molar-refractivity contribution in [2.24, 2.45) is 5.10 Å². The second-order valence-corrected chi connectivity index (χ2v) is 8.04. The molecular weight excluding hydrogens is 332 g/mol. The maximum absolute atomic E-state index is 13.1. The molecule has 1 heterocycles. The van der Waals surface area contributed by atoms with Crippen molar-refractivity contribution in [2.75, 3.05) is 6.54 Å². The lowest BCUT2D eigenvalue weighted by Gasteiger charge is -2.24. The van der Waals surface area contributed by atoms with Crippen LogP contribution in [-0.2, 0) is 10.2 Å². The normalized spacial score (nSPS) is 17.1. The van der Waals surface area contributed by atoms with Crippen molar-refractivity contribution in [3.8, 4) is 0 Å². The van der Waals surface area contributed by atoms with Gasteiger partial charge in [0.2, 0.25) is 0 Å². The fourth-order valence-corrected chi connectivity index (χ4v) is 3.71. The van der Waals surface area contributed by atoms with Gasteiger partial charge in [0.25, 0.3) is 0 Å². The number of Topliss-reactive ketones (excluding diaryl/α,β-unsaturated/α-hetero) is 1. The summed E-state index contributed by atoms with van der Waals surface area (Å²) >= 11 is 0. The van der Waals surface area contributed by atoms with Crippen LogP contribution in [0, 0.1) is 0 Å². The van der Waals surface area contributed by atoms with Gasteiger partial charge in [-0.2, -0.15) is 5.10 Å². The van der Waals surface area contributed by atoms with Gasteiger partial charge in [-0.25, -0.2) is 0 Å². The molecule has 1 aliphatic heterocycles. The average molecular weight is 363 g/mol. The highest BCUT2D eigenvalue weighted by Gasteiger charge is 2.33. The second-order valence-electron chi connectivity index (χ2n) is 8.04. The molecule has 0 bridgehead atoms. The number of ketones is 1. The molecule has 0 saturated carbocycles. The molecule has 2 aromatic carbocycles. The number of hydrazone groups is 1. The number of hydrogen-bond donors (Lipinski definition) is 0. The maximum atomic E-state index is 13.1. The van der Waals surface area contributed by atoms with Crippen LogP contribution in [0.15, 0.2) is 65.8 Å². The molecule has 27 heavy (non-hydrogen) atoms. The smallest absolute Gasteiger partial charge is 0.179 e. The predicted octanol–water partition coefficient (Wildman–Crippen LogP) is 5.53. The van der Waals surface area contributed by atoms with Crippen molar-refractivity contribution in [3.63, 3.8) is 0 Å². The van der Waals surface area contributed by atoms with Crippen LogP contribution in [0.25, 0.3) is 0 Å². The van der Waals surface area contributed by atoms with Gasteiger partial charge in [0.1, 0.15) is 5.71 Å². The minimum absolute atomic E-state index is 0.170. The Labute approximate surface area is 163 Å². The number of unbranched alkanes of at least 4 members (excludes halogenated alkanes) is 1. The molecule has 0 aromatic heterocycles. The fourth-order valence-electron chi connectivity index (χ4n) is 3.71. The van der Waals surface area contributed by atoms with Gasteiger partial charge in [-0.05, 0) is 23.0 Å². The van der Waals surface area contributed by atoms with Crippen molar-refractivity contribution in [2.45, 2.75) is 57.9 Å². The number of carbonyl (C=O) groups is 1. The number of hydrogen-bond acceptors (Lipinski definition) is 3. The van der Waals surface area contributed by atoms with E-state index in [4.69, 9.17) is 5.10 Å². The van der Waals surface area contributed by atoms with Crippen LogP contribution in [-0.4, -0.2) is 23.0 Å². The largest absolute Gasteiger partial charge is 0.293 e. The summed E-state index contributed by atoms with van der Waals surface area (Å²) in [6, 6.07) is 20.9. The Kier molecular flexibility index (Phi) is 6.10. The van der Waals surface area contributed by atoms with Crippen molar-refractivity contribution in [3.05, 3.63) is 71.8 Å². The molecule has 1 aliphatic rings. The van der Waals surface area contributed by atoms with E-state index in [1.165, 1.54) is 11.1 Å². The number of rotatable bonds is 8. The van der Waals surface area contributed by atoms with Crippen LogP contribution in [0.3, 0.4) is 0 Å². The van der Waals surface area contributed by atoms with Gasteiger partial charge in [0.05, 0.1) is 6.04 Å². The van der Waals surface area contributed by atoms with Gasteiger partial charge in [-0.3, -0.25) is 9.80 Å². The molecule has 2 aromatic rings. The fraction of sp³-hybridized carbons (Fsp3) is 0.417. The SMILES string of the molecule is CCCCN1N=C(C(=O)CC(C)(C)c2ccccc2)CC1c1ccccc1. The minimum atomic E-state index is -0.194. The highest BCUT2D eigenvalue weighted by molar-refractivity contribution is 6.40. The van der Waals surface area contributed by atoms with Gasteiger partial charge >= 0.3 is 0 Å². The lowest BCUT2D eigenvalue weighted by atomic mass is 9.79. The van der Waals surface area contributed by atoms with Gasteiger partial charge in [0, 0.05) is 19.4 Å². The van der Waals surface area contributed by atoms with E-state index >= 15 is 0 Å². The zero-order valence-corrected chi connectivity index (χ0v) is 16.7. The molecule has 0 fully saturated rings. The number of benzene rings is 2. The molecule has 3 rings (SSSR count). The Morgan fingerprint density at radius 1 is 1.07 bits per heavy atom. The van der Waals surface area contributed by atoms with Crippen LogP contribution in [0.4, 0.5) is 0 Å². The van der Waals surface area contributed by atoms with Gasteiger partial charge in [-0.15, -0.1) is 0 Å². The molecule has 142 valence electrons. The molecule has 0 saturated heterocycles. The van der Waals surface area contributed by atoms with Gasteiger partial charge in [-0.1, -0.05) is 87.9 Å². The van der Waals surface area contributed by atoms with E-state index in [0.717, 1.165) is 25.1 Å². The van der Waals surface area contributed by atoms with Crippen molar-refractivity contribution in [1.82, 2.24) is 5.01 Å². The topological polar surface area (TPSA) is 32.7 Å². The van der Waals surface area contributed by atoms with Crippen LogP contribution in [0.2, 0.25) is 0 Å². The zero-order chi connectivity index (χ0) is 19.3. The van der Waals surface area contributed by atoms with Crippen LogP contribution in [0.5, 0.6) is 0 Å². The molecular formula is C24H30N2O. The van der Waals surface area contributed by atoms with Gasteiger partial charge < -0.3 is 0 Å². The summed E-state index contributed by atoms with van der Waals surface area (Å²) in [4.78, 5) is 13.1. The Balaban J connectivity index is 1.76. The third-order valence-corrected chi connectivity index (χ3v) is 5.40. The first-order valence-corrected chi connectivity index (χ1v) is 9.99. The Morgan fingerprint density at radius 2 is 1.70 bits per heavy atom. The molecule has 3 nitrogen and oxygen atoms in total. The molecule has 0 aliphatic carbocycles. The molecule has 1 unspecified atom stereocenters. The maximum Gasteiger partial charge on any atom is 0.179 e. The van der Waals surface area contributed by atoms with Crippen LogP contribution < -0.4 is 0 Å². The quantitative estimate of drug-likeness (QED) is 0.619. The predicted molar refractivity (Wildman–Crippen MR) is 112 cm³/mol. The Morgan fingerprint density at radius 3 is 2.33 bits per heavy atom. The van der Waals surface area contributed by atoms with E-state index < -0.39 is 0 Å². The summed E-state index contributed by atoms with van der Waals surface area (Å²) < 4.78 is 0. The highest BCUT2D eigenvalue weighted by atomic mass is 16.1. The van der Waals surface area contributed by atoms with Crippen molar-refractivity contribution >= 4 is 11.5 Å². The standard InChI is InChI=1S/C24H30N2O/c1-4-5-16-26-22(19-12-8-6-9-13-19)17-21(25-26)23(27)18-24(2,3)20-14-10-7-11-15-20/h6-15,22H,4-5,16-18H2,1-3H3. The van der Waals surface area contributed by atoms with Crippen molar-refractivity contribution < 1.29 is 4.79 Å². The first-order valence-electron chi connectivity index (χ1n) is 9.99. The molecule has 0 radical (unpaired) electrons. The number of nitrogens with zero attached hydrogens (tertiary/aromatic N) is 2. The average Bonchev–Trinajstić information content (AvgIpc) is 3.12. The van der Waals surface area contributed by atoms with E-state index in [0.29, 0.717) is 12.8 Å². The molecule has 0 amide bonds. The second kappa shape index (κ2) is 8.51. The molecule has 1 atom stereocenters. The zero-order valence-electron chi connectivity index (χ0n) is 16.7. The van der Waals surface area contributed by atoms with Crippen LogP contribution in [0.1, 0.15) is 63.6 Å². The molecule has 0 N–H and O–H groups in total. The van der Waals surface area contributed by atoms with E-state index in [9.17, 15) is 4.79 Å². The molecule has 3 heteroatoms. The monoisotopic (exact) mass is 362 g/mol. The van der Waals surface area contributed by atoms with Crippen LogP contribution >= 0.6 is 0 Å². The Bertz CT molecular complexity index is 781. The Hall–Kier alpha value is -2.42. The summed E-state index contributed by atoms with van der Waals surface area (Å²) in [7, 11) is 0. The van der Waals surface area contributed by atoms with E-state index in [1.807, 2.05) is 24.3 Å². The summed E-state index contributed by atoms with van der Waals surface area (Å²) in [6.07, 6.45) is 3.40.